The summed E-state index contributed by atoms with van der Waals surface area (Å²) in [7, 11) is 2.95. The molecule has 0 aliphatic heterocycles. The van der Waals surface area contributed by atoms with Crippen LogP contribution in [-0.4, -0.2) is 40.9 Å². The smallest absolute Gasteiger partial charge is 0.334 e. The van der Waals surface area contributed by atoms with Crippen LogP contribution in [0.15, 0.2) is 0 Å². The van der Waals surface area contributed by atoms with Gasteiger partial charge in [-0.15, -0.1) is 0 Å². The van der Waals surface area contributed by atoms with Gasteiger partial charge in [-0.05, 0) is 12.8 Å². The van der Waals surface area contributed by atoms with Crippen LogP contribution >= 0.6 is 0 Å². The molecule has 0 amide bonds. The van der Waals surface area contributed by atoms with Crippen molar-refractivity contribution in [1.29, 1.82) is 0 Å². The zero-order chi connectivity index (χ0) is 16.0. The maximum atomic E-state index is 11.5. The summed E-state index contributed by atoms with van der Waals surface area (Å²) in [5, 5.41) is 15.6. The molecule has 118 valence electrons. The molecule has 0 aliphatic carbocycles. The zero-order valence-electron chi connectivity index (χ0n) is 13.0. The molecule has 0 N–H and O–H groups in total. The van der Waals surface area contributed by atoms with Crippen molar-refractivity contribution in [1.82, 2.24) is 9.78 Å². The van der Waals surface area contributed by atoms with E-state index >= 15 is 0 Å². The lowest BCUT2D eigenvalue weighted by atomic mass is 10.2. The van der Waals surface area contributed by atoms with E-state index in [1.54, 1.807) is 11.9 Å². The Balaban J connectivity index is 3.28. The first-order valence-corrected chi connectivity index (χ1v) is 6.98. The van der Waals surface area contributed by atoms with Crippen LogP contribution < -0.4 is 4.90 Å². The standard InChI is InChI=1S/C13H22N4O4/c1-5-7-10-12(17(19)20)13(15(3)14-10)16(8-6-2)9-11(18)21-4/h5-9H2,1-4H3. The lowest BCUT2D eigenvalue weighted by molar-refractivity contribution is -0.384. The molecule has 0 saturated carbocycles. The second kappa shape index (κ2) is 7.61. The molecule has 0 spiro atoms. The molecule has 21 heavy (non-hydrogen) atoms. The van der Waals surface area contributed by atoms with Crippen LogP contribution in [0.2, 0.25) is 0 Å². The highest BCUT2D eigenvalue weighted by atomic mass is 16.6. The Morgan fingerprint density at radius 3 is 2.57 bits per heavy atom. The lowest BCUT2D eigenvalue weighted by Gasteiger charge is -2.21. The van der Waals surface area contributed by atoms with E-state index in [0.29, 0.717) is 24.5 Å². The average Bonchev–Trinajstić information content (AvgIpc) is 2.75. The van der Waals surface area contributed by atoms with Crippen molar-refractivity contribution in [2.75, 3.05) is 25.1 Å². The van der Waals surface area contributed by atoms with Gasteiger partial charge in [-0.3, -0.25) is 14.9 Å². The predicted octanol–water partition coefficient (Wildman–Crippen LogP) is 1.67. The number of anilines is 1. The van der Waals surface area contributed by atoms with E-state index in [-0.39, 0.29) is 12.2 Å². The Bertz CT molecular complexity index is 513. The minimum absolute atomic E-state index is 0.0169. The Morgan fingerprint density at radius 1 is 1.43 bits per heavy atom. The van der Waals surface area contributed by atoms with Gasteiger partial charge < -0.3 is 9.64 Å². The number of aryl methyl sites for hydroxylation is 2. The van der Waals surface area contributed by atoms with E-state index in [1.807, 2.05) is 13.8 Å². The number of carbonyl (C=O) groups is 1. The summed E-state index contributed by atoms with van der Waals surface area (Å²) in [4.78, 5) is 24.2. The Hall–Kier alpha value is -2.12. The fraction of sp³-hybridized carbons (Fsp3) is 0.692. The van der Waals surface area contributed by atoms with Crippen LogP contribution in [0.25, 0.3) is 0 Å². The number of ether oxygens (including phenoxy) is 1. The SMILES string of the molecule is CCCc1nn(C)c(N(CCC)CC(=O)OC)c1[N+](=O)[O-]. The maximum absolute atomic E-state index is 11.5. The van der Waals surface area contributed by atoms with Gasteiger partial charge in [-0.25, -0.2) is 4.68 Å². The van der Waals surface area contributed by atoms with Crippen molar-refractivity contribution in [3.05, 3.63) is 15.8 Å². The summed E-state index contributed by atoms with van der Waals surface area (Å²) in [5.41, 5.74) is 0.433. The third-order valence-electron chi connectivity index (χ3n) is 3.07. The third-order valence-corrected chi connectivity index (χ3v) is 3.07. The molecular formula is C13H22N4O4. The van der Waals surface area contributed by atoms with Gasteiger partial charge in [0.25, 0.3) is 0 Å². The number of nitrogens with zero attached hydrogens (tertiary/aromatic N) is 4. The van der Waals surface area contributed by atoms with Crippen LogP contribution in [0.3, 0.4) is 0 Å². The Morgan fingerprint density at radius 2 is 2.10 bits per heavy atom. The van der Waals surface area contributed by atoms with Gasteiger partial charge in [0.1, 0.15) is 12.2 Å². The van der Waals surface area contributed by atoms with Crippen molar-refractivity contribution >= 4 is 17.5 Å². The minimum Gasteiger partial charge on any atom is -0.468 e. The quantitative estimate of drug-likeness (QED) is 0.412. The molecule has 8 heteroatoms. The molecule has 0 bridgehead atoms. The second-order valence-corrected chi connectivity index (χ2v) is 4.75. The van der Waals surface area contributed by atoms with E-state index in [2.05, 4.69) is 9.84 Å². The summed E-state index contributed by atoms with van der Waals surface area (Å²) >= 11 is 0. The van der Waals surface area contributed by atoms with Crippen LogP contribution in [0, 0.1) is 10.1 Å². The topological polar surface area (TPSA) is 90.5 Å². The molecule has 0 saturated heterocycles. The van der Waals surface area contributed by atoms with Crippen molar-refractivity contribution in [3.63, 3.8) is 0 Å². The fourth-order valence-corrected chi connectivity index (χ4v) is 2.25. The van der Waals surface area contributed by atoms with E-state index in [4.69, 9.17) is 0 Å². The molecule has 8 nitrogen and oxygen atoms in total. The molecule has 0 radical (unpaired) electrons. The highest BCUT2D eigenvalue weighted by Gasteiger charge is 2.30. The van der Waals surface area contributed by atoms with Crippen LogP contribution in [0.1, 0.15) is 32.4 Å². The van der Waals surface area contributed by atoms with Gasteiger partial charge in [-0.2, -0.15) is 5.10 Å². The van der Waals surface area contributed by atoms with Gasteiger partial charge in [0.15, 0.2) is 0 Å². The third kappa shape index (κ3) is 3.93. The van der Waals surface area contributed by atoms with Crippen molar-refractivity contribution in [2.24, 2.45) is 7.05 Å². The van der Waals surface area contributed by atoms with E-state index in [1.165, 1.54) is 11.8 Å². The van der Waals surface area contributed by atoms with Crippen LogP contribution in [0.5, 0.6) is 0 Å². The first-order chi connectivity index (χ1) is 9.96. The Labute approximate surface area is 123 Å². The lowest BCUT2D eigenvalue weighted by Crippen LogP contribution is -2.33. The second-order valence-electron chi connectivity index (χ2n) is 4.75. The number of hydrogen-bond donors (Lipinski definition) is 0. The van der Waals surface area contributed by atoms with Crippen LogP contribution in [0.4, 0.5) is 11.5 Å². The van der Waals surface area contributed by atoms with Crippen molar-refractivity contribution in [2.45, 2.75) is 33.1 Å². The number of nitro groups is 1. The van der Waals surface area contributed by atoms with Gasteiger partial charge in [0.2, 0.25) is 5.82 Å². The van der Waals surface area contributed by atoms with E-state index in [0.717, 1.165) is 12.8 Å². The molecular weight excluding hydrogens is 276 g/mol. The first-order valence-electron chi connectivity index (χ1n) is 6.98. The van der Waals surface area contributed by atoms with Gasteiger partial charge in [0, 0.05) is 13.6 Å². The number of esters is 1. The molecule has 1 aromatic heterocycles. The summed E-state index contributed by atoms with van der Waals surface area (Å²) in [5.74, 6) is -0.0771. The minimum atomic E-state index is -0.434. The maximum Gasteiger partial charge on any atom is 0.334 e. The number of carbonyl (C=O) groups excluding carboxylic acids is 1. The normalized spacial score (nSPS) is 10.5. The Kier molecular flexibility index (Phi) is 6.13. The summed E-state index contributed by atoms with van der Waals surface area (Å²) in [6.07, 6.45) is 2.05. The number of methoxy groups -OCH3 is 1. The van der Waals surface area contributed by atoms with Crippen LogP contribution in [-0.2, 0) is 23.0 Å². The molecule has 0 atom stereocenters. The summed E-state index contributed by atoms with van der Waals surface area (Å²) in [6, 6.07) is 0. The summed E-state index contributed by atoms with van der Waals surface area (Å²) < 4.78 is 6.14. The number of rotatable bonds is 8. The molecule has 0 fully saturated rings. The first kappa shape index (κ1) is 16.9. The summed E-state index contributed by atoms with van der Waals surface area (Å²) in [6.45, 7) is 4.37. The van der Waals surface area contributed by atoms with Crippen molar-refractivity contribution in [3.8, 4) is 0 Å². The molecule has 0 aromatic carbocycles. The average molecular weight is 298 g/mol. The molecule has 1 heterocycles. The largest absolute Gasteiger partial charge is 0.468 e. The molecule has 1 rings (SSSR count). The predicted molar refractivity (Wildman–Crippen MR) is 78.4 cm³/mol. The van der Waals surface area contributed by atoms with Gasteiger partial charge in [-0.1, -0.05) is 20.3 Å². The van der Waals surface area contributed by atoms with E-state index < -0.39 is 10.9 Å². The molecule has 0 unspecified atom stereocenters. The van der Waals surface area contributed by atoms with Gasteiger partial charge in [0.05, 0.1) is 12.0 Å². The number of hydrogen-bond acceptors (Lipinski definition) is 6. The fourth-order valence-electron chi connectivity index (χ4n) is 2.25. The van der Waals surface area contributed by atoms with Crippen molar-refractivity contribution < 1.29 is 14.5 Å². The number of aromatic nitrogens is 2. The molecule has 1 aromatic rings. The monoisotopic (exact) mass is 298 g/mol. The zero-order valence-corrected chi connectivity index (χ0v) is 13.0. The van der Waals surface area contributed by atoms with Gasteiger partial charge >= 0.3 is 11.7 Å². The highest BCUT2D eigenvalue weighted by Crippen LogP contribution is 2.32. The molecule has 0 aliphatic rings. The van der Waals surface area contributed by atoms with E-state index in [9.17, 15) is 14.9 Å². The highest BCUT2D eigenvalue weighted by molar-refractivity contribution is 5.77.